The topological polar surface area (TPSA) is 37.3 Å². The first-order valence-electron chi connectivity index (χ1n) is 10.2. The maximum atomic E-state index is 5.65. The quantitative estimate of drug-likeness (QED) is 0.642. The first-order chi connectivity index (χ1) is 14.7. The zero-order valence-corrected chi connectivity index (χ0v) is 17.5. The van der Waals surface area contributed by atoms with Crippen LogP contribution in [0.25, 0.3) is 0 Å². The first-order valence-corrected chi connectivity index (χ1v) is 10.2. The Morgan fingerprint density at radius 3 is 2.17 bits per heavy atom. The second kappa shape index (κ2) is 7.10. The zero-order chi connectivity index (χ0) is 20.7. The number of rotatable bonds is 4. The summed E-state index contributed by atoms with van der Waals surface area (Å²) >= 11 is 0. The largest absolute Gasteiger partial charge is 0.493 e. The minimum Gasteiger partial charge on any atom is -0.493 e. The standard InChI is InChI=1S/C25H25N3O2/c1-25-21-17-23(30-3)22(29-2)16-19(21)14-15-27(25)24(18-10-6-4-7-11-18)26-28(25)20-12-8-5-9-13-20/h4-13,16-17H,14-15H2,1-3H3. The lowest BCUT2D eigenvalue weighted by Gasteiger charge is -2.46. The molecular formula is C25H25N3O2. The number of amidine groups is 1. The van der Waals surface area contributed by atoms with E-state index in [2.05, 4.69) is 77.5 Å². The molecule has 0 saturated heterocycles. The highest BCUT2D eigenvalue weighted by Gasteiger charge is 2.50. The Morgan fingerprint density at radius 1 is 0.867 bits per heavy atom. The van der Waals surface area contributed by atoms with Gasteiger partial charge in [-0.3, -0.25) is 0 Å². The molecule has 30 heavy (non-hydrogen) atoms. The molecule has 2 aliphatic rings. The van der Waals surface area contributed by atoms with E-state index in [1.54, 1.807) is 14.2 Å². The van der Waals surface area contributed by atoms with Crippen LogP contribution in [0.5, 0.6) is 11.5 Å². The number of methoxy groups -OCH3 is 2. The fourth-order valence-electron chi connectivity index (χ4n) is 4.63. The fourth-order valence-corrected chi connectivity index (χ4v) is 4.63. The Labute approximate surface area is 177 Å². The second-order valence-electron chi connectivity index (χ2n) is 7.72. The third-order valence-electron chi connectivity index (χ3n) is 6.15. The third-order valence-corrected chi connectivity index (χ3v) is 6.15. The van der Waals surface area contributed by atoms with Crippen molar-refractivity contribution in [2.24, 2.45) is 5.10 Å². The molecule has 1 atom stereocenters. The molecule has 3 aromatic rings. The number of hydrazone groups is 1. The molecule has 1 unspecified atom stereocenters. The molecule has 0 bridgehead atoms. The van der Waals surface area contributed by atoms with Crippen molar-refractivity contribution in [1.29, 1.82) is 0 Å². The van der Waals surface area contributed by atoms with E-state index in [9.17, 15) is 0 Å². The van der Waals surface area contributed by atoms with Crippen molar-refractivity contribution in [1.82, 2.24) is 4.90 Å². The van der Waals surface area contributed by atoms with Gasteiger partial charge < -0.3 is 14.4 Å². The number of hydrogen-bond donors (Lipinski definition) is 0. The van der Waals surface area contributed by atoms with Crippen LogP contribution in [0.1, 0.15) is 23.6 Å². The van der Waals surface area contributed by atoms with Crippen LogP contribution in [0.2, 0.25) is 0 Å². The van der Waals surface area contributed by atoms with E-state index in [0.29, 0.717) is 0 Å². The Morgan fingerprint density at radius 2 is 1.50 bits per heavy atom. The second-order valence-corrected chi connectivity index (χ2v) is 7.72. The lowest BCUT2D eigenvalue weighted by atomic mass is 9.86. The Bertz CT molecular complexity index is 1100. The van der Waals surface area contributed by atoms with Gasteiger partial charge in [0.05, 0.1) is 19.9 Å². The zero-order valence-electron chi connectivity index (χ0n) is 17.5. The number of fused-ring (bicyclic) bond motifs is 3. The maximum absolute atomic E-state index is 5.65. The number of ether oxygens (including phenoxy) is 2. The van der Waals surface area contributed by atoms with Gasteiger partial charge in [-0.25, -0.2) is 5.01 Å². The summed E-state index contributed by atoms with van der Waals surface area (Å²) in [6.45, 7) is 3.11. The van der Waals surface area contributed by atoms with E-state index in [0.717, 1.165) is 41.6 Å². The van der Waals surface area contributed by atoms with Crippen molar-refractivity contribution >= 4 is 11.5 Å². The van der Waals surface area contributed by atoms with Crippen LogP contribution in [0, 0.1) is 0 Å². The van der Waals surface area contributed by atoms with Gasteiger partial charge in [0.2, 0.25) is 0 Å². The molecule has 3 aromatic carbocycles. The fraction of sp³-hybridized carbons (Fsp3) is 0.240. The summed E-state index contributed by atoms with van der Waals surface area (Å²) in [6.07, 6.45) is 0.916. The van der Waals surface area contributed by atoms with E-state index >= 15 is 0 Å². The predicted molar refractivity (Wildman–Crippen MR) is 119 cm³/mol. The molecule has 0 aliphatic carbocycles. The molecule has 2 heterocycles. The van der Waals surface area contributed by atoms with Gasteiger partial charge in [0.25, 0.3) is 0 Å². The average Bonchev–Trinajstić information content (AvgIpc) is 3.12. The van der Waals surface area contributed by atoms with Crippen LogP contribution in [0.3, 0.4) is 0 Å². The van der Waals surface area contributed by atoms with Gasteiger partial charge in [0.1, 0.15) is 0 Å². The van der Waals surface area contributed by atoms with Crippen molar-refractivity contribution in [3.8, 4) is 11.5 Å². The van der Waals surface area contributed by atoms with E-state index in [1.165, 1.54) is 11.1 Å². The molecule has 0 aromatic heterocycles. The van der Waals surface area contributed by atoms with Crippen molar-refractivity contribution in [2.75, 3.05) is 25.8 Å². The van der Waals surface area contributed by atoms with Crippen molar-refractivity contribution in [2.45, 2.75) is 19.0 Å². The van der Waals surface area contributed by atoms with Crippen LogP contribution in [0.15, 0.2) is 77.9 Å². The number of nitrogens with zero attached hydrogens (tertiary/aromatic N) is 3. The molecule has 0 fully saturated rings. The van der Waals surface area contributed by atoms with Crippen molar-refractivity contribution in [3.05, 3.63) is 89.5 Å². The van der Waals surface area contributed by atoms with Gasteiger partial charge in [-0.05, 0) is 43.2 Å². The molecule has 0 amide bonds. The normalized spacial score (nSPS) is 19.8. The lowest BCUT2D eigenvalue weighted by molar-refractivity contribution is 0.195. The minimum absolute atomic E-state index is 0.473. The van der Waals surface area contributed by atoms with Gasteiger partial charge in [-0.15, -0.1) is 0 Å². The van der Waals surface area contributed by atoms with E-state index in [-0.39, 0.29) is 0 Å². The maximum Gasteiger partial charge on any atom is 0.161 e. The summed E-state index contributed by atoms with van der Waals surface area (Å²) in [4.78, 5) is 2.41. The van der Waals surface area contributed by atoms with Crippen LogP contribution in [-0.2, 0) is 12.1 Å². The van der Waals surface area contributed by atoms with E-state index in [1.807, 2.05) is 12.1 Å². The van der Waals surface area contributed by atoms with Crippen LogP contribution >= 0.6 is 0 Å². The smallest absolute Gasteiger partial charge is 0.161 e. The summed E-state index contributed by atoms with van der Waals surface area (Å²) in [5.41, 5.74) is 4.14. The SMILES string of the molecule is COc1cc2c(cc1OC)C1(C)N(CC2)C(c2ccccc2)=NN1c1ccccc1. The van der Waals surface area contributed by atoms with E-state index in [4.69, 9.17) is 14.6 Å². The van der Waals surface area contributed by atoms with Gasteiger partial charge in [-0.2, -0.15) is 5.10 Å². The number of hydrogen-bond acceptors (Lipinski definition) is 5. The third kappa shape index (κ3) is 2.65. The Hall–Kier alpha value is -3.47. The Kier molecular flexibility index (Phi) is 4.39. The molecular weight excluding hydrogens is 374 g/mol. The van der Waals surface area contributed by atoms with Gasteiger partial charge in [-0.1, -0.05) is 48.5 Å². The van der Waals surface area contributed by atoms with Crippen LogP contribution in [0.4, 0.5) is 5.69 Å². The predicted octanol–water partition coefficient (Wildman–Crippen LogP) is 4.62. The summed E-state index contributed by atoms with van der Waals surface area (Å²) < 4.78 is 11.2. The van der Waals surface area contributed by atoms with Gasteiger partial charge >= 0.3 is 0 Å². The van der Waals surface area contributed by atoms with Gasteiger partial charge in [0, 0.05) is 17.7 Å². The minimum atomic E-state index is -0.473. The highest BCUT2D eigenvalue weighted by atomic mass is 16.5. The first kappa shape index (κ1) is 18.6. The van der Waals surface area contributed by atoms with Gasteiger partial charge in [0.15, 0.2) is 23.0 Å². The molecule has 0 radical (unpaired) electrons. The highest BCUT2D eigenvalue weighted by molar-refractivity contribution is 6.02. The molecule has 152 valence electrons. The van der Waals surface area contributed by atoms with E-state index < -0.39 is 5.66 Å². The number of para-hydroxylation sites is 1. The average molecular weight is 399 g/mol. The number of benzene rings is 3. The molecule has 0 N–H and O–H groups in total. The summed E-state index contributed by atoms with van der Waals surface area (Å²) in [5.74, 6) is 2.49. The monoisotopic (exact) mass is 399 g/mol. The molecule has 2 aliphatic heterocycles. The summed E-state index contributed by atoms with van der Waals surface area (Å²) in [5, 5.41) is 7.28. The summed E-state index contributed by atoms with van der Waals surface area (Å²) in [6, 6.07) is 25.0. The molecule has 5 rings (SSSR count). The molecule has 0 spiro atoms. The van der Waals surface area contributed by atoms with Crippen molar-refractivity contribution < 1.29 is 9.47 Å². The summed E-state index contributed by atoms with van der Waals surface area (Å²) in [7, 11) is 3.37. The van der Waals surface area contributed by atoms with Crippen LogP contribution < -0.4 is 14.5 Å². The van der Waals surface area contributed by atoms with Crippen molar-refractivity contribution in [3.63, 3.8) is 0 Å². The molecule has 0 saturated carbocycles. The Balaban J connectivity index is 1.72. The van der Waals surface area contributed by atoms with Crippen LogP contribution in [-0.4, -0.2) is 31.5 Å². The lowest BCUT2D eigenvalue weighted by Crippen LogP contribution is -2.54. The molecule has 5 heteroatoms. The highest BCUT2D eigenvalue weighted by Crippen LogP contribution is 2.48. The number of anilines is 1. The molecule has 5 nitrogen and oxygen atoms in total.